The van der Waals surface area contributed by atoms with E-state index in [1.807, 2.05) is 25.1 Å². The highest BCUT2D eigenvalue weighted by atomic mass is 16.1. The molecule has 0 unspecified atom stereocenters. The third kappa shape index (κ3) is 4.56. The van der Waals surface area contributed by atoms with E-state index in [9.17, 15) is 4.79 Å². The largest absolute Gasteiger partial charge is 0.398 e. The summed E-state index contributed by atoms with van der Waals surface area (Å²) in [4.78, 5) is 14.2. The summed E-state index contributed by atoms with van der Waals surface area (Å²) in [6.07, 6.45) is 0.500. The summed E-state index contributed by atoms with van der Waals surface area (Å²) >= 11 is 0. The van der Waals surface area contributed by atoms with Crippen molar-refractivity contribution in [3.8, 4) is 0 Å². The molecule has 4 nitrogen and oxygen atoms in total. The lowest BCUT2D eigenvalue weighted by atomic mass is 10.1. The van der Waals surface area contributed by atoms with E-state index >= 15 is 0 Å². The Morgan fingerprint density at radius 3 is 2.68 bits per heavy atom. The Morgan fingerprint density at radius 2 is 2.11 bits per heavy atom. The Hall–Kier alpha value is -1.55. The van der Waals surface area contributed by atoms with Crippen LogP contribution in [0.2, 0.25) is 0 Å². The summed E-state index contributed by atoms with van der Waals surface area (Å²) < 4.78 is 0. The molecule has 1 aromatic rings. The molecule has 0 spiro atoms. The SMILES string of the molecule is CCN(CCC(=O)Nc1cccc(N)c1C)C(C)C. The number of nitrogens with zero attached hydrogens (tertiary/aromatic N) is 1. The molecule has 0 aromatic heterocycles. The van der Waals surface area contributed by atoms with Crippen LogP contribution in [0.4, 0.5) is 11.4 Å². The summed E-state index contributed by atoms with van der Waals surface area (Å²) in [6, 6.07) is 6.03. The second-order valence-corrected chi connectivity index (χ2v) is 5.04. The Morgan fingerprint density at radius 1 is 1.42 bits per heavy atom. The summed E-state index contributed by atoms with van der Waals surface area (Å²) in [5.74, 6) is 0.0350. The predicted molar refractivity (Wildman–Crippen MR) is 81.2 cm³/mol. The molecule has 0 atom stereocenters. The maximum atomic E-state index is 11.9. The molecule has 0 bridgehead atoms. The predicted octanol–water partition coefficient (Wildman–Crippen LogP) is 2.64. The van der Waals surface area contributed by atoms with Crippen molar-refractivity contribution in [2.24, 2.45) is 0 Å². The molecule has 0 heterocycles. The van der Waals surface area contributed by atoms with Gasteiger partial charge in [-0.3, -0.25) is 4.79 Å². The number of nitrogens with one attached hydrogen (secondary N) is 1. The van der Waals surface area contributed by atoms with Gasteiger partial charge < -0.3 is 16.0 Å². The Balaban J connectivity index is 2.54. The first-order valence-corrected chi connectivity index (χ1v) is 6.84. The fourth-order valence-electron chi connectivity index (χ4n) is 2.03. The van der Waals surface area contributed by atoms with E-state index in [1.165, 1.54) is 0 Å². The molecular weight excluding hydrogens is 238 g/mol. The number of anilines is 2. The van der Waals surface area contributed by atoms with Gasteiger partial charge >= 0.3 is 0 Å². The van der Waals surface area contributed by atoms with Gasteiger partial charge in [0, 0.05) is 30.4 Å². The summed E-state index contributed by atoms with van der Waals surface area (Å²) in [7, 11) is 0. The average Bonchev–Trinajstić information content (AvgIpc) is 2.35. The van der Waals surface area contributed by atoms with Crippen LogP contribution >= 0.6 is 0 Å². The lowest BCUT2D eigenvalue weighted by molar-refractivity contribution is -0.116. The third-order valence-electron chi connectivity index (χ3n) is 3.41. The molecule has 0 fully saturated rings. The molecule has 0 saturated heterocycles. The molecule has 0 aliphatic carbocycles. The van der Waals surface area contributed by atoms with Crippen molar-refractivity contribution < 1.29 is 4.79 Å². The summed E-state index contributed by atoms with van der Waals surface area (Å²) in [5, 5.41) is 2.92. The zero-order valence-corrected chi connectivity index (χ0v) is 12.4. The molecule has 4 heteroatoms. The van der Waals surface area contributed by atoms with Crippen molar-refractivity contribution in [3.05, 3.63) is 23.8 Å². The van der Waals surface area contributed by atoms with Gasteiger partial charge in [0.05, 0.1) is 0 Å². The second-order valence-electron chi connectivity index (χ2n) is 5.04. The minimum Gasteiger partial charge on any atom is -0.398 e. The minimum absolute atomic E-state index is 0.0350. The molecule has 19 heavy (non-hydrogen) atoms. The van der Waals surface area contributed by atoms with Gasteiger partial charge in [0.1, 0.15) is 0 Å². The maximum absolute atomic E-state index is 11.9. The summed E-state index contributed by atoms with van der Waals surface area (Å²) in [6.45, 7) is 10.0. The fourth-order valence-corrected chi connectivity index (χ4v) is 2.03. The minimum atomic E-state index is 0.0350. The van der Waals surface area contributed by atoms with Crippen molar-refractivity contribution in [2.45, 2.75) is 40.2 Å². The Bertz CT molecular complexity index is 429. The normalized spacial score (nSPS) is 11.1. The number of nitrogen functional groups attached to an aromatic ring is 1. The zero-order valence-electron chi connectivity index (χ0n) is 12.4. The van der Waals surface area contributed by atoms with E-state index < -0.39 is 0 Å². The van der Waals surface area contributed by atoms with Gasteiger partial charge in [0.15, 0.2) is 0 Å². The van der Waals surface area contributed by atoms with Gasteiger partial charge in [-0.05, 0) is 45.0 Å². The van der Waals surface area contributed by atoms with Crippen LogP contribution in [0.15, 0.2) is 18.2 Å². The fraction of sp³-hybridized carbons (Fsp3) is 0.533. The number of nitrogens with two attached hydrogens (primary N) is 1. The van der Waals surface area contributed by atoms with Crippen LogP contribution in [-0.2, 0) is 4.79 Å². The van der Waals surface area contributed by atoms with Crippen LogP contribution in [-0.4, -0.2) is 29.9 Å². The maximum Gasteiger partial charge on any atom is 0.225 e. The van der Waals surface area contributed by atoms with Crippen molar-refractivity contribution in [1.29, 1.82) is 0 Å². The smallest absolute Gasteiger partial charge is 0.225 e. The van der Waals surface area contributed by atoms with Gasteiger partial charge in [0.2, 0.25) is 5.91 Å². The van der Waals surface area contributed by atoms with Crippen molar-refractivity contribution >= 4 is 17.3 Å². The van der Waals surface area contributed by atoms with Crippen LogP contribution in [0, 0.1) is 6.92 Å². The summed E-state index contributed by atoms with van der Waals surface area (Å²) in [5.41, 5.74) is 8.25. The molecule has 1 amide bonds. The quantitative estimate of drug-likeness (QED) is 0.776. The highest BCUT2D eigenvalue weighted by Crippen LogP contribution is 2.20. The monoisotopic (exact) mass is 263 g/mol. The van der Waals surface area contributed by atoms with E-state index in [4.69, 9.17) is 5.73 Å². The second kappa shape index (κ2) is 7.14. The zero-order chi connectivity index (χ0) is 14.4. The van der Waals surface area contributed by atoms with Crippen LogP contribution < -0.4 is 11.1 Å². The Kier molecular flexibility index (Phi) is 5.83. The van der Waals surface area contributed by atoms with Gasteiger partial charge in [-0.1, -0.05) is 13.0 Å². The van der Waals surface area contributed by atoms with Crippen LogP contribution in [0.3, 0.4) is 0 Å². The number of benzene rings is 1. The lowest BCUT2D eigenvalue weighted by Gasteiger charge is -2.24. The van der Waals surface area contributed by atoms with E-state index in [1.54, 1.807) is 0 Å². The molecule has 0 saturated carbocycles. The molecule has 106 valence electrons. The van der Waals surface area contributed by atoms with E-state index in [0.717, 1.165) is 24.3 Å². The molecular formula is C15H25N3O. The Labute approximate surface area is 116 Å². The molecule has 0 radical (unpaired) electrons. The van der Waals surface area contributed by atoms with Crippen LogP contribution in [0.1, 0.15) is 32.8 Å². The third-order valence-corrected chi connectivity index (χ3v) is 3.41. The van der Waals surface area contributed by atoms with Crippen molar-refractivity contribution in [1.82, 2.24) is 4.90 Å². The molecule has 3 N–H and O–H groups in total. The van der Waals surface area contributed by atoms with Crippen molar-refractivity contribution in [3.63, 3.8) is 0 Å². The van der Waals surface area contributed by atoms with Crippen molar-refractivity contribution in [2.75, 3.05) is 24.1 Å². The molecule has 0 aliphatic heterocycles. The molecule has 1 rings (SSSR count). The molecule has 0 aliphatic rings. The first kappa shape index (κ1) is 15.5. The average molecular weight is 263 g/mol. The first-order valence-electron chi connectivity index (χ1n) is 6.84. The van der Waals surface area contributed by atoms with Gasteiger partial charge in [-0.2, -0.15) is 0 Å². The van der Waals surface area contributed by atoms with Gasteiger partial charge in [0.25, 0.3) is 0 Å². The van der Waals surface area contributed by atoms with Crippen LogP contribution in [0.25, 0.3) is 0 Å². The first-order chi connectivity index (χ1) is 8.95. The number of rotatable bonds is 6. The van der Waals surface area contributed by atoms with E-state index in [2.05, 4.69) is 31.0 Å². The number of amides is 1. The van der Waals surface area contributed by atoms with Gasteiger partial charge in [-0.15, -0.1) is 0 Å². The number of hydrogen-bond donors (Lipinski definition) is 2. The number of hydrogen-bond acceptors (Lipinski definition) is 3. The molecule has 1 aromatic carbocycles. The highest BCUT2D eigenvalue weighted by molar-refractivity contribution is 5.92. The standard InChI is InChI=1S/C15H25N3O/c1-5-18(11(2)3)10-9-15(19)17-14-8-6-7-13(16)12(14)4/h6-8,11H,5,9-10,16H2,1-4H3,(H,17,19). The van der Waals surface area contributed by atoms with E-state index in [0.29, 0.717) is 18.2 Å². The number of carbonyl (C=O) groups is 1. The lowest BCUT2D eigenvalue weighted by Crippen LogP contribution is -2.33. The number of carbonyl (C=O) groups excluding carboxylic acids is 1. The highest BCUT2D eigenvalue weighted by Gasteiger charge is 2.11. The van der Waals surface area contributed by atoms with E-state index in [-0.39, 0.29) is 5.91 Å². The topological polar surface area (TPSA) is 58.4 Å². The van der Waals surface area contributed by atoms with Gasteiger partial charge in [-0.25, -0.2) is 0 Å². The van der Waals surface area contributed by atoms with Crippen LogP contribution in [0.5, 0.6) is 0 Å².